The van der Waals surface area contributed by atoms with E-state index in [4.69, 9.17) is 14.5 Å². The number of ether oxygens (including phenoxy) is 2. The Morgan fingerprint density at radius 3 is 2.74 bits per heavy atom. The van der Waals surface area contributed by atoms with Gasteiger partial charge in [-0.3, -0.25) is 9.20 Å². The first-order valence-corrected chi connectivity index (χ1v) is 9.06. The van der Waals surface area contributed by atoms with Crippen LogP contribution < -0.4 is 15.0 Å². The maximum absolute atomic E-state index is 13.0. The lowest BCUT2D eigenvalue weighted by atomic mass is 9.90. The van der Waals surface area contributed by atoms with Crippen LogP contribution in [0.2, 0.25) is 0 Å². The molecular formula is C22H22N2O3. The predicted octanol–water partition coefficient (Wildman–Crippen LogP) is 3.90. The number of allylic oxidation sites excluding steroid dienone is 1. The van der Waals surface area contributed by atoms with Crippen molar-refractivity contribution >= 4 is 17.3 Å². The molecule has 138 valence electrons. The van der Waals surface area contributed by atoms with E-state index in [2.05, 4.69) is 6.08 Å². The SMILES string of the molecule is COc1cccc(/C=C2\CCCc3c2nc2ccc(C)cn2c3=O)c1OC. The van der Waals surface area contributed by atoms with Gasteiger partial charge in [-0.05, 0) is 55.5 Å². The highest BCUT2D eigenvalue weighted by molar-refractivity contribution is 5.84. The number of methoxy groups -OCH3 is 2. The van der Waals surface area contributed by atoms with Crippen LogP contribution in [0.3, 0.4) is 0 Å². The average molecular weight is 362 g/mol. The van der Waals surface area contributed by atoms with Gasteiger partial charge < -0.3 is 9.47 Å². The van der Waals surface area contributed by atoms with Crippen molar-refractivity contribution in [3.05, 3.63) is 69.3 Å². The summed E-state index contributed by atoms with van der Waals surface area (Å²) in [5.74, 6) is 1.37. The van der Waals surface area contributed by atoms with Gasteiger partial charge in [-0.15, -0.1) is 0 Å². The Morgan fingerprint density at radius 1 is 1.11 bits per heavy atom. The van der Waals surface area contributed by atoms with E-state index < -0.39 is 0 Å². The number of rotatable bonds is 3. The molecule has 2 heterocycles. The van der Waals surface area contributed by atoms with Crippen molar-refractivity contribution in [1.82, 2.24) is 9.38 Å². The number of nitrogens with zero attached hydrogens (tertiary/aromatic N) is 2. The van der Waals surface area contributed by atoms with E-state index in [0.29, 0.717) is 17.1 Å². The van der Waals surface area contributed by atoms with Gasteiger partial charge in [-0.2, -0.15) is 0 Å². The van der Waals surface area contributed by atoms with Crippen molar-refractivity contribution in [3.8, 4) is 11.5 Å². The summed E-state index contributed by atoms with van der Waals surface area (Å²) in [6.07, 6.45) is 6.48. The molecule has 0 spiro atoms. The van der Waals surface area contributed by atoms with Crippen molar-refractivity contribution < 1.29 is 9.47 Å². The number of para-hydroxylation sites is 1. The second kappa shape index (κ2) is 6.91. The second-order valence-corrected chi connectivity index (χ2v) is 6.78. The van der Waals surface area contributed by atoms with Crippen molar-refractivity contribution in [2.24, 2.45) is 0 Å². The van der Waals surface area contributed by atoms with Crippen molar-refractivity contribution in [2.75, 3.05) is 14.2 Å². The molecule has 0 atom stereocenters. The Hall–Kier alpha value is -3.08. The molecular weight excluding hydrogens is 340 g/mol. The topological polar surface area (TPSA) is 52.8 Å². The molecule has 3 aromatic rings. The third kappa shape index (κ3) is 2.99. The normalized spacial score (nSPS) is 15.0. The molecule has 2 aromatic heterocycles. The number of aryl methyl sites for hydroxylation is 1. The number of fused-ring (bicyclic) bond motifs is 2. The molecule has 1 aliphatic rings. The monoisotopic (exact) mass is 362 g/mol. The summed E-state index contributed by atoms with van der Waals surface area (Å²) in [6, 6.07) is 9.67. The van der Waals surface area contributed by atoms with Crippen LogP contribution in [0.5, 0.6) is 11.5 Å². The maximum Gasteiger partial charge on any atom is 0.261 e. The summed E-state index contributed by atoms with van der Waals surface area (Å²) in [6.45, 7) is 1.98. The first kappa shape index (κ1) is 17.3. The molecule has 0 saturated heterocycles. The first-order chi connectivity index (χ1) is 13.1. The molecule has 0 bridgehead atoms. The zero-order valence-corrected chi connectivity index (χ0v) is 15.8. The highest BCUT2D eigenvalue weighted by Gasteiger charge is 2.21. The molecule has 0 radical (unpaired) electrons. The number of pyridine rings is 1. The van der Waals surface area contributed by atoms with Gasteiger partial charge in [0.05, 0.1) is 19.9 Å². The Morgan fingerprint density at radius 2 is 1.96 bits per heavy atom. The van der Waals surface area contributed by atoms with Gasteiger partial charge >= 0.3 is 0 Å². The minimum absolute atomic E-state index is 0.0295. The third-order valence-corrected chi connectivity index (χ3v) is 5.00. The highest BCUT2D eigenvalue weighted by Crippen LogP contribution is 2.36. The molecule has 1 aromatic carbocycles. The van der Waals surface area contributed by atoms with E-state index in [1.165, 1.54) is 0 Å². The third-order valence-electron chi connectivity index (χ3n) is 5.00. The predicted molar refractivity (Wildman–Crippen MR) is 107 cm³/mol. The molecule has 0 N–H and O–H groups in total. The minimum atomic E-state index is 0.0295. The van der Waals surface area contributed by atoms with E-state index in [-0.39, 0.29) is 5.56 Å². The van der Waals surface area contributed by atoms with E-state index in [1.807, 2.05) is 43.5 Å². The molecule has 0 fully saturated rings. The van der Waals surface area contributed by atoms with Crippen LogP contribution in [0.4, 0.5) is 0 Å². The van der Waals surface area contributed by atoms with Gasteiger partial charge in [0.15, 0.2) is 11.5 Å². The summed E-state index contributed by atoms with van der Waals surface area (Å²) in [5.41, 5.74) is 5.32. The summed E-state index contributed by atoms with van der Waals surface area (Å²) >= 11 is 0. The number of benzene rings is 1. The lowest BCUT2D eigenvalue weighted by molar-refractivity contribution is 0.354. The first-order valence-electron chi connectivity index (χ1n) is 9.06. The summed E-state index contributed by atoms with van der Waals surface area (Å²) in [4.78, 5) is 17.8. The van der Waals surface area contributed by atoms with Crippen LogP contribution in [-0.2, 0) is 6.42 Å². The van der Waals surface area contributed by atoms with Crippen molar-refractivity contribution in [3.63, 3.8) is 0 Å². The van der Waals surface area contributed by atoms with Gasteiger partial charge in [0.2, 0.25) is 0 Å². The molecule has 5 heteroatoms. The van der Waals surface area contributed by atoms with Gasteiger partial charge in [0, 0.05) is 17.3 Å². The van der Waals surface area contributed by atoms with E-state index in [1.54, 1.807) is 18.6 Å². The van der Waals surface area contributed by atoms with Crippen LogP contribution in [-0.4, -0.2) is 23.6 Å². The quantitative estimate of drug-likeness (QED) is 0.709. The zero-order valence-electron chi connectivity index (χ0n) is 15.8. The lowest BCUT2D eigenvalue weighted by Crippen LogP contribution is -2.24. The number of hydrogen-bond acceptors (Lipinski definition) is 4. The molecule has 1 aliphatic carbocycles. The fourth-order valence-electron chi connectivity index (χ4n) is 3.70. The number of hydrogen-bond donors (Lipinski definition) is 0. The van der Waals surface area contributed by atoms with Crippen LogP contribution in [0.25, 0.3) is 17.3 Å². The van der Waals surface area contributed by atoms with E-state index >= 15 is 0 Å². The van der Waals surface area contributed by atoms with E-state index in [9.17, 15) is 4.79 Å². The van der Waals surface area contributed by atoms with Gasteiger partial charge in [-0.1, -0.05) is 18.2 Å². The van der Waals surface area contributed by atoms with E-state index in [0.717, 1.165) is 47.2 Å². The standard InChI is InChI=1S/C22H22N2O3/c1-14-10-11-19-23-20-15(6-4-8-17(20)22(25)24(19)13-14)12-16-7-5-9-18(26-2)21(16)27-3/h5,7,9-13H,4,6,8H2,1-3H3/b15-12+. The molecule has 0 amide bonds. The zero-order chi connectivity index (χ0) is 19.0. The van der Waals surface area contributed by atoms with Crippen molar-refractivity contribution in [1.29, 1.82) is 0 Å². The van der Waals surface area contributed by atoms with Gasteiger partial charge in [-0.25, -0.2) is 4.98 Å². The summed E-state index contributed by atoms with van der Waals surface area (Å²) in [5, 5.41) is 0. The van der Waals surface area contributed by atoms with Gasteiger partial charge in [0.1, 0.15) is 5.65 Å². The smallest absolute Gasteiger partial charge is 0.261 e. The fourth-order valence-corrected chi connectivity index (χ4v) is 3.70. The average Bonchev–Trinajstić information content (AvgIpc) is 2.69. The fraction of sp³-hybridized carbons (Fsp3) is 0.273. The van der Waals surface area contributed by atoms with Crippen LogP contribution in [0, 0.1) is 6.92 Å². The Balaban J connectivity index is 1.92. The molecule has 0 unspecified atom stereocenters. The second-order valence-electron chi connectivity index (χ2n) is 6.78. The van der Waals surface area contributed by atoms with Crippen molar-refractivity contribution in [2.45, 2.75) is 26.2 Å². The molecule has 5 nitrogen and oxygen atoms in total. The van der Waals surface area contributed by atoms with Crippen LogP contribution in [0.15, 0.2) is 41.3 Å². The molecule has 27 heavy (non-hydrogen) atoms. The Kier molecular flexibility index (Phi) is 4.44. The Bertz CT molecular complexity index is 1110. The highest BCUT2D eigenvalue weighted by atomic mass is 16.5. The lowest BCUT2D eigenvalue weighted by Gasteiger charge is -2.19. The van der Waals surface area contributed by atoms with Crippen LogP contribution in [0.1, 0.15) is 35.2 Å². The number of aromatic nitrogens is 2. The largest absolute Gasteiger partial charge is 0.493 e. The summed E-state index contributed by atoms with van der Waals surface area (Å²) < 4.78 is 12.6. The minimum Gasteiger partial charge on any atom is -0.493 e. The molecule has 4 rings (SSSR count). The Labute approximate surface area is 157 Å². The van der Waals surface area contributed by atoms with Crippen LogP contribution >= 0.6 is 0 Å². The maximum atomic E-state index is 13.0. The molecule has 0 saturated carbocycles. The van der Waals surface area contributed by atoms with Gasteiger partial charge in [0.25, 0.3) is 5.56 Å². The molecule has 0 aliphatic heterocycles. The summed E-state index contributed by atoms with van der Waals surface area (Å²) in [7, 11) is 3.26.